The minimum Gasteiger partial charge on any atom is -0.481 e. The highest BCUT2D eigenvalue weighted by molar-refractivity contribution is 6.09. The lowest BCUT2D eigenvalue weighted by atomic mass is 9.91. The van der Waals surface area contributed by atoms with Gasteiger partial charge < -0.3 is 26.2 Å². The van der Waals surface area contributed by atoms with Gasteiger partial charge in [0.2, 0.25) is 5.91 Å². The number of urea groups is 1. The van der Waals surface area contributed by atoms with E-state index < -0.39 is 48.4 Å². The summed E-state index contributed by atoms with van der Waals surface area (Å²) in [6, 6.07) is 20.2. The van der Waals surface area contributed by atoms with Crippen molar-refractivity contribution in [2.24, 2.45) is 5.73 Å². The Hall–Kier alpha value is -5.19. The molecule has 1 saturated heterocycles. The number of amides is 4. The number of hydrogen-bond donors (Lipinski definition) is 5. The van der Waals surface area contributed by atoms with Crippen molar-refractivity contribution in [1.82, 2.24) is 15.5 Å². The Balaban J connectivity index is 1.48. The van der Waals surface area contributed by atoms with Gasteiger partial charge in [-0.2, -0.15) is 0 Å². The van der Waals surface area contributed by atoms with E-state index >= 15 is 0 Å². The maximum atomic E-state index is 13.2. The molecule has 4 rings (SSSR count). The van der Waals surface area contributed by atoms with Crippen LogP contribution in [0.2, 0.25) is 0 Å². The van der Waals surface area contributed by atoms with Crippen molar-refractivity contribution in [2.75, 3.05) is 6.54 Å². The monoisotopic (exact) mass is 529 g/mol. The van der Waals surface area contributed by atoms with Gasteiger partial charge in [0.15, 0.2) is 0 Å². The van der Waals surface area contributed by atoms with Crippen LogP contribution >= 0.6 is 0 Å². The molecule has 6 N–H and O–H groups in total. The first kappa shape index (κ1) is 26.9. The van der Waals surface area contributed by atoms with Crippen molar-refractivity contribution in [1.29, 1.82) is 5.41 Å². The summed E-state index contributed by atoms with van der Waals surface area (Å²) in [5.41, 5.74) is 5.43. The van der Waals surface area contributed by atoms with Crippen LogP contribution in [0, 0.1) is 5.41 Å². The first-order valence-electron chi connectivity index (χ1n) is 12.0. The molecule has 4 amide bonds. The van der Waals surface area contributed by atoms with Crippen LogP contribution in [0.5, 0.6) is 11.5 Å². The number of nitrogen functional groups attached to an aromatic ring is 1. The Morgan fingerprint density at radius 1 is 1.05 bits per heavy atom. The van der Waals surface area contributed by atoms with Crippen LogP contribution in [0.3, 0.4) is 0 Å². The fourth-order valence-electron chi connectivity index (χ4n) is 4.25. The fourth-order valence-corrected chi connectivity index (χ4v) is 4.25. The van der Waals surface area contributed by atoms with Gasteiger partial charge in [-0.25, -0.2) is 4.79 Å². The molecule has 1 fully saturated rings. The van der Waals surface area contributed by atoms with Gasteiger partial charge >= 0.3 is 12.0 Å². The summed E-state index contributed by atoms with van der Waals surface area (Å²) >= 11 is 0. The maximum Gasteiger partial charge on any atom is 0.325 e. The van der Waals surface area contributed by atoms with Crippen molar-refractivity contribution >= 4 is 29.7 Å². The number of nitrogens with one attached hydrogen (secondary N) is 3. The zero-order chi connectivity index (χ0) is 28.2. The molecule has 0 aromatic heterocycles. The fraction of sp³-hybridized carbons (Fsp3) is 0.179. The van der Waals surface area contributed by atoms with Crippen LogP contribution in [0.25, 0.3) is 0 Å². The predicted molar refractivity (Wildman–Crippen MR) is 141 cm³/mol. The van der Waals surface area contributed by atoms with Gasteiger partial charge in [-0.05, 0) is 42.3 Å². The maximum absolute atomic E-state index is 13.2. The number of ether oxygens (including phenoxy) is 1. The van der Waals surface area contributed by atoms with Crippen molar-refractivity contribution < 1.29 is 29.0 Å². The van der Waals surface area contributed by atoms with E-state index in [-0.39, 0.29) is 5.84 Å². The van der Waals surface area contributed by atoms with Crippen LogP contribution in [-0.4, -0.2) is 46.2 Å². The van der Waals surface area contributed by atoms with Crippen LogP contribution in [0.15, 0.2) is 78.9 Å². The lowest BCUT2D eigenvalue weighted by Crippen LogP contribution is -2.44. The van der Waals surface area contributed by atoms with Crippen molar-refractivity contribution in [3.63, 3.8) is 0 Å². The molecular formula is C28H27N5O6. The van der Waals surface area contributed by atoms with Gasteiger partial charge in [0.05, 0.1) is 12.5 Å². The van der Waals surface area contributed by atoms with E-state index in [2.05, 4.69) is 10.6 Å². The van der Waals surface area contributed by atoms with Crippen LogP contribution in [-0.2, 0) is 19.9 Å². The number of hydrogen-bond acceptors (Lipinski definition) is 6. The highest BCUT2D eigenvalue weighted by Crippen LogP contribution is 2.30. The number of amidine groups is 1. The Kier molecular flexibility index (Phi) is 7.61. The Labute approximate surface area is 224 Å². The summed E-state index contributed by atoms with van der Waals surface area (Å²) in [4.78, 5) is 51.2. The molecule has 3 aromatic rings. The number of aliphatic carboxylic acids is 1. The van der Waals surface area contributed by atoms with Gasteiger partial charge in [0.25, 0.3) is 5.91 Å². The lowest BCUT2D eigenvalue weighted by molar-refractivity contribution is -0.138. The molecule has 0 bridgehead atoms. The number of carbonyl (C=O) groups excluding carboxylic acids is 3. The van der Waals surface area contributed by atoms with Gasteiger partial charge in [-0.15, -0.1) is 0 Å². The summed E-state index contributed by atoms with van der Waals surface area (Å²) in [5, 5.41) is 22.2. The summed E-state index contributed by atoms with van der Waals surface area (Å²) in [6.45, 7) is 0.904. The number of carboxylic acids is 1. The second-order valence-corrected chi connectivity index (χ2v) is 9.14. The van der Waals surface area contributed by atoms with Gasteiger partial charge in [0.1, 0.15) is 29.4 Å². The third-order valence-electron chi connectivity index (χ3n) is 6.30. The van der Waals surface area contributed by atoms with E-state index in [1.807, 2.05) is 18.2 Å². The zero-order valence-electron chi connectivity index (χ0n) is 21.0. The van der Waals surface area contributed by atoms with Crippen LogP contribution in [0.1, 0.15) is 36.1 Å². The third-order valence-corrected chi connectivity index (χ3v) is 6.30. The molecule has 0 spiro atoms. The molecule has 11 heteroatoms. The third kappa shape index (κ3) is 6.04. The summed E-state index contributed by atoms with van der Waals surface area (Å²) < 4.78 is 5.82. The molecule has 11 nitrogen and oxygen atoms in total. The number of para-hydroxylation sites is 1. The average Bonchev–Trinajstić information content (AvgIpc) is 3.12. The second-order valence-electron chi connectivity index (χ2n) is 9.14. The minimum absolute atomic E-state index is 0.139. The molecule has 1 aliphatic heterocycles. The molecular weight excluding hydrogens is 502 g/mol. The number of imide groups is 1. The minimum atomic E-state index is -1.43. The average molecular weight is 530 g/mol. The Morgan fingerprint density at radius 2 is 1.72 bits per heavy atom. The van der Waals surface area contributed by atoms with E-state index in [4.69, 9.17) is 15.9 Å². The molecule has 1 heterocycles. The van der Waals surface area contributed by atoms with E-state index in [0.717, 1.165) is 4.90 Å². The topological polar surface area (TPSA) is 175 Å². The molecule has 39 heavy (non-hydrogen) atoms. The molecule has 200 valence electrons. The summed E-state index contributed by atoms with van der Waals surface area (Å²) in [6.07, 6.45) is -0.430. The molecule has 0 aliphatic carbocycles. The number of carboxylic acid groups (broad SMARTS) is 1. The molecule has 1 aliphatic rings. The van der Waals surface area contributed by atoms with Crippen molar-refractivity contribution in [3.8, 4) is 11.5 Å². The Morgan fingerprint density at radius 3 is 2.36 bits per heavy atom. The second kappa shape index (κ2) is 11.1. The predicted octanol–water partition coefficient (Wildman–Crippen LogP) is 2.86. The lowest BCUT2D eigenvalue weighted by Gasteiger charge is -2.23. The quantitative estimate of drug-likeness (QED) is 0.152. The highest BCUT2D eigenvalue weighted by Gasteiger charge is 2.49. The van der Waals surface area contributed by atoms with Crippen molar-refractivity contribution in [3.05, 3.63) is 95.6 Å². The molecule has 3 aromatic carbocycles. The highest BCUT2D eigenvalue weighted by atomic mass is 16.5. The number of benzene rings is 3. The van der Waals surface area contributed by atoms with E-state index in [1.165, 1.54) is 6.92 Å². The number of nitrogens with two attached hydrogens (primary N) is 1. The SMILES string of the molecule is CC1(c2ccc(C(=N)N)cc2)NC(=O)N(CC(=O)NC(CC(=O)O)c2cccc(Oc3ccccc3)c2)C1=O. The number of nitrogens with zero attached hydrogens (tertiary/aromatic N) is 1. The molecule has 2 atom stereocenters. The van der Waals surface area contributed by atoms with Crippen LogP contribution in [0.4, 0.5) is 4.79 Å². The van der Waals surface area contributed by atoms with Gasteiger partial charge in [-0.1, -0.05) is 54.6 Å². The van der Waals surface area contributed by atoms with Crippen molar-refractivity contribution in [2.45, 2.75) is 24.9 Å². The summed E-state index contributed by atoms with van der Waals surface area (Å²) in [7, 11) is 0. The largest absolute Gasteiger partial charge is 0.481 e. The zero-order valence-corrected chi connectivity index (χ0v) is 21.0. The van der Waals surface area contributed by atoms with E-state index in [0.29, 0.717) is 28.2 Å². The molecule has 2 unspecified atom stereocenters. The standard InChI is InChI=1S/C28H27N5O6/c1-28(19-12-10-17(11-13-19)25(29)30)26(37)33(27(38)32-28)16-23(34)31-22(15-24(35)36)18-6-5-9-21(14-18)39-20-7-3-2-4-8-20/h2-14,22H,15-16H2,1H3,(H3,29,30)(H,31,34)(H,32,38)(H,35,36). The smallest absolute Gasteiger partial charge is 0.325 e. The van der Waals surface area contributed by atoms with Gasteiger partial charge in [-0.3, -0.25) is 24.7 Å². The number of carbonyl (C=O) groups is 4. The van der Waals surface area contributed by atoms with E-state index in [1.54, 1.807) is 60.7 Å². The normalized spacial score (nSPS) is 17.3. The summed E-state index contributed by atoms with van der Waals surface area (Å²) in [5.74, 6) is -1.61. The van der Waals surface area contributed by atoms with Crippen LogP contribution < -0.4 is 21.1 Å². The Bertz CT molecular complexity index is 1430. The number of rotatable bonds is 10. The van der Waals surface area contributed by atoms with E-state index in [9.17, 15) is 24.3 Å². The molecule has 0 radical (unpaired) electrons. The molecule has 0 saturated carbocycles. The first-order chi connectivity index (χ1) is 18.6. The van der Waals surface area contributed by atoms with Gasteiger partial charge in [0, 0.05) is 5.56 Å². The first-order valence-corrected chi connectivity index (χ1v) is 12.0.